The second-order valence-electron chi connectivity index (χ2n) is 4.79. The molecular weight excluding hydrogens is 312 g/mol. The van der Waals surface area contributed by atoms with E-state index in [1.165, 1.54) is 15.9 Å². The first-order valence-corrected chi connectivity index (χ1v) is 8.75. The second kappa shape index (κ2) is 8.71. The normalized spacial score (nSPS) is 12.6. The van der Waals surface area contributed by atoms with Gasteiger partial charge in [0.05, 0.1) is 4.58 Å². The third kappa shape index (κ3) is 5.62. The Kier molecular flexibility index (Phi) is 6.62. The molecule has 1 atom stereocenters. The van der Waals surface area contributed by atoms with Crippen LogP contribution in [0.2, 0.25) is 0 Å². The number of aliphatic carboxylic acids is 1. The molecule has 1 N–H and O–H groups in total. The Morgan fingerprint density at radius 1 is 0.955 bits per heavy atom. The van der Waals surface area contributed by atoms with E-state index in [0.717, 1.165) is 0 Å². The highest BCUT2D eigenvalue weighted by atomic mass is 32.2. The monoisotopic (exact) mass is 330 g/mol. The molecule has 0 heterocycles. The lowest BCUT2D eigenvalue weighted by Crippen LogP contribution is -2.08. The summed E-state index contributed by atoms with van der Waals surface area (Å²) in [5.74, 6) is -0.772. The van der Waals surface area contributed by atoms with Crippen LogP contribution in [-0.4, -0.2) is 15.7 Å². The van der Waals surface area contributed by atoms with Crippen molar-refractivity contribution in [2.75, 3.05) is 0 Å². The van der Waals surface area contributed by atoms with E-state index in [1.54, 1.807) is 29.6 Å². The van der Waals surface area contributed by atoms with Crippen molar-refractivity contribution in [1.29, 1.82) is 0 Å². The summed E-state index contributed by atoms with van der Waals surface area (Å²) in [5.41, 5.74) is 0. The maximum absolute atomic E-state index is 10.7. The molecule has 4 heteroatoms. The Morgan fingerprint density at radius 3 is 1.82 bits per heavy atom. The van der Waals surface area contributed by atoms with Gasteiger partial charge in [-0.3, -0.25) is 0 Å². The summed E-state index contributed by atoms with van der Waals surface area (Å²) in [6.45, 7) is 2.05. The standard InChI is InChI=1S/C18H18O2S2/c1-14(12-13-17(19)20)18(21-15-8-4-2-5-9-15)22-16-10-6-3-7-11-16/h2-14,18H,1H3,(H,19,20). The molecule has 0 aliphatic heterocycles. The molecular formula is C18H18O2S2. The van der Waals surface area contributed by atoms with E-state index in [4.69, 9.17) is 5.11 Å². The Morgan fingerprint density at radius 2 is 1.41 bits per heavy atom. The predicted octanol–water partition coefficient (Wildman–Crippen LogP) is 5.17. The van der Waals surface area contributed by atoms with Gasteiger partial charge in [0.25, 0.3) is 0 Å². The van der Waals surface area contributed by atoms with E-state index in [2.05, 4.69) is 31.2 Å². The number of carbonyl (C=O) groups is 1. The zero-order valence-corrected chi connectivity index (χ0v) is 13.9. The summed E-state index contributed by atoms with van der Waals surface area (Å²) in [6, 6.07) is 20.4. The summed E-state index contributed by atoms with van der Waals surface area (Å²) in [4.78, 5) is 13.1. The third-order valence-electron chi connectivity index (χ3n) is 2.96. The first-order chi connectivity index (χ1) is 10.6. The molecule has 0 aliphatic carbocycles. The summed E-state index contributed by atoms with van der Waals surface area (Å²) in [7, 11) is 0. The maximum atomic E-state index is 10.7. The van der Waals surface area contributed by atoms with Crippen LogP contribution in [0.15, 0.2) is 82.6 Å². The summed E-state index contributed by atoms with van der Waals surface area (Å²) in [5, 5.41) is 8.82. The van der Waals surface area contributed by atoms with Gasteiger partial charge in [0, 0.05) is 15.9 Å². The van der Waals surface area contributed by atoms with Crippen LogP contribution in [0.25, 0.3) is 0 Å². The predicted molar refractivity (Wildman–Crippen MR) is 94.3 cm³/mol. The van der Waals surface area contributed by atoms with Gasteiger partial charge in [0.1, 0.15) is 0 Å². The molecule has 2 rings (SSSR count). The third-order valence-corrected chi connectivity index (χ3v) is 5.95. The van der Waals surface area contributed by atoms with E-state index in [-0.39, 0.29) is 10.5 Å². The summed E-state index contributed by atoms with van der Waals surface area (Å²) >= 11 is 3.52. The molecule has 2 aromatic carbocycles. The topological polar surface area (TPSA) is 37.3 Å². The fourth-order valence-electron chi connectivity index (χ4n) is 1.83. The molecule has 2 nitrogen and oxygen atoms in total. The van der Waals surface area contributed by atoms with E-state index in [0.29, 0.717) is 0 Å². The lowest BCUT2D eigenvalue weighted by Gasteiger charge is -2.20. The molecule has 0 radical (unpaired) electrons. The SMILES string of the molecule is CC(C=CC(=O)O)C(Sc1ccccc1)Sc1ccccc1. The number of thioether (sulfide) groups is 2. The average molecular weight is 330 g/mol. The van der Waals surface area contributed by atoms with Crippen molar-refractivity contribution in [3.63, 3.8) is 0 Å². The molecule has 0 saturated heterocycles. The fraction of sp³-hybridized carbons (Fsp3) is 0.167. The quantitative estimate of drug-likeness (QED) is 0.431. The van der Waals surface area contributed by atoms with Crippen LogP contribution >= 0.6 is 23.5 Å². The molecule has 0 aromatic heterocycles. The number of rotatable bonds is 7. The van der Waals surface area contributed by atoms with Crippen LogP contribution in [0.1, 0.15) is 6.92 Å². The number of hydrogen-bond donors (Lipinski definition) is 1. The molecule has 2 aromatic rings. The molecule has 1 unspecified atom stereocenters. The number of hydrogen-bond acceptors (Lipinski definition) is 3. The van der Waals surface area contributed by atoms with Gasteiger partial charge in [-0.25, -0.2) is 4.79 Å². The number of carboxylic acids is 1. The minimum absolute atomic E-state index is 0.131. The van der Waals surface area contributed by atoms with E-state index < -0.39 is 5.97 Å². The molecule has 0 saturated carbocycles. The van der Waals surface area contributed by atoms with E-state index in [1.807, 2.05) is 36.4 Å². The molecule has 0 fully saturated rings. The highest BCUT2D eigenvalue weighted by molar-refractivity contribution is 8.17. The van der Waals surface area contributed by atoms with Gasteiger partial charge >= 0.3 is 5.97 Å². The molecule has 0 aliphatic rings. The Bertz CT molecular complexity index is 570. The Hall–Kier alpha value is -1.65. The minimum Gasteiger partial charge on any atom is -0.478 e. The Balaban J connectivity index is 2.14. The average Bonchev–Trinajstić information content (AvgIpc) is 2.54. The Labute approximate surface area is 139 Å². The second-order valence-corrected chi connectivity index (χ2v) is 7.52. The van der Waals surface area contributed by atoms with Crippen LogP contribution in [0, 0.1) is 5.92 Å². The van der Waals surface area contributed by atoms with Gasteiger partial charge < -0.3 is 5.11 Å². The van der Waals surface area contributed by atoms with Crippen molar-refractivity contribution >= 4 is 29.5 Å². The fourth-order valence-corrected chi connectivity index (χ4v) is 4.46. The number of carboxylic acid groups (broad SMARTS) is 1. The molecule has 0 amide bonds. The van der Waals surface area contributed by atoms with Crippen molar-refractivity contribution in [2.45, 2.75) is 21.3 Å². The smallest absolute Gasteiger partial charge is 0.327 e. The number of benzene rings is 2. The van der Waals surface area contributed by atoms with Crippen molar-refractivity contribution in [2.24, 2.45) is 5.92 Å². The first kappa shape index (κ1) is 16.7. The van der Waals surface area contributed by atoms with Crippen molar-refractivity contribution in [3.05, 3.63) is 72.8 Å². The highest BCUT2D eigenvalue weighted by Gasteiger charge is 2.18. The van der Waals surface area contributed by atoms with Crippen molar-refractivity contribution < 1.29 is 9.90 Å². The molecule has 0 bridgehead atoms. The van der Waals surface area contributed by atoms with Gasteiger partial charge in [-0.1, -0.05) is 49.4 Å². The van der Waals surface area contributed by atoms with E-state index >= 15 is 0 Å². The van der Waals surface area contributed by atoms with Crippen LogP contribution in [0.5, 0.6) is 0 Å². The van der Waals surface area contributed by atoms with Crippen LogP contribution in [-0.2, 0) is 4.79 Å². The first-order valence-electron chi connectivity index (χ1n) is 6.99. The zero-order chi connectivity index (χ0) is 15.8. The van der Waals surface area contributed by atoms with Gasteiger partial charge in [-0.05, 0) is 30.2 Å². The molecule has 114 valence electrons. The van der Waals surface area contributed by atoms with Gasteiger partial charge in [-0.2, -0.15) is 0 Å². The van der Waals surface area contributed by atoms with Crippen molar-refractivity contribution in [1.82, 2.24) is 0 Å². The minimum atomic E-state index is -0.903. The van der Waals surface area contributed by atoms with E-state index in [9.17, 15) is 4.79 Å². The molecule has 0 spiro atoms. The largest absolute Gasteiger partial charge is 0.478 e. The number of allylic oxidation sites excluding steroid dienone is 1. The van der Waals surface area contributed by atoms with Crippen LogP contribution in [0.3, 0.4) is 0 Å². The van der Waals surface area contributed by atoms with Crippen LogP contribution in [0.4, 0.5) is 0 Å². The lowest BCUT2D eigenvalue weighted by atomic mass is 10.2. The zero-order valence-electron chi connectivity index (χ0n) is 12.3. The lowest BCUT2D eigenvalue weighted by molar-refractivity contribution is -0.131. The summed E-state index contributed by atoms with van der Waals surface area (Å²) < 4.78 is 0.209. The molecule has 22 heavy (non-hydrogen) atoms. The van der Waals surface area contributed by atoms with Crippen molar-refractivity contribution in [3.8, 4) is 0 Å². The summed E-state index contributed by atoms with van der Waals surface area (Å²) in [6.07, 6.45) is 2.99. The van der Waals surface area contributed by atoms with Gasteiger partial charge in [0.15, 0.2) is 0 Å². The van der Waals surface area contributed by atoms with Gasteiger partial charge in [0.2, 0.25) is 0 Å². The highest BCUT2D eigenvalue weighted by Crippen LogP contribution is 2.40. The maximum Gasteiger partial charge on any atom is 0.327 e. The van der Waals surface area contributed by atoms with Crippen LogP contribution < -0.4 is 0 Å². The van der Waals surface area contributed by atoms with Gasteiger partial charge in [-0.15, -0.1) is 23.5 Å².